The van der Waals surface area contributed by atoms with E-state index in [0.717, 1.165) is 16.9 Å². The lowest BCUT2D eigenvalue weighted by Gasteiger charge is -2.07. The van der Waals surface area contributed by atoms with Crippen LogP contribution in [0, 0.1) is 6.92 Å². The molecule has 112 valence electrons. The molecule has 2 N–H and O–H groups in total. The van der Waals surface area contributed by atoms with Gasteiger partial charge in [-0.2, -0.15) is 0 Å². The van der Waals surface area contributed by atoms with E-state index < -0.39 is 16.0 Å². The zero-order valence-electron chi connectivity index (χ0n) is 11.0. The van der Waals surface area contributed by atoms with Gasteiger partial charge in [-0.3, -0.25) is 9.52 Å². The predicted molar refractivity (Wildman–Crippen MR) is 82.7 cm³/mol. The fourth-order valence-electron chi connectivity index (χ4n) is 1.61. The van der Waals surface area contributed by atoms with Crippen LogP contribution in [0.4, 0.5) is 5.69 Å². The number of carboxylic acids is 1. The monoisotopic (exact) mass is 345 g/mol. The first-order valence-corrected chi connectivity index (χ1v) is 8.55. The molecule has 0 unspecified atom stereocenters. The maximum absolute atomic E-state index is 12.2. The molecule has 0 saturated carbocycles. The van der Waals surface area contributed by atoms with Gasteiger partial charge in [0, 0.05) is 9.90 Å². The summed E-state index contributed by atoms with van der Waals surface area (Å²) in [6, 6.07) is 7.74. The summed E-state index contributed by atoms with van der Waals surface area (Å²) in [6.45, 7) is 1.82. The van der Waals surface area contributed by atoms with E-state index >= 15 is 0 Å². The van der Waals surface area contributed by atoms with Crippen LogP contribution >= 0.6 is 22.9 Å². The van der Waals surface area contributed by atoms with Gasteiger partial charge in [-0.25, -0.2) is 8.42 Å². The van der Waals surface area contributed by atoms with Gasteiger partial charge in [-0.15, -0.1) is 11.3 Å². The van der Waals surface area contributed by atoms with Gasteiger partial charge in [-0.1, -0.05) is 17.7 Å². The molecule has 2 rings (SSSR count). The zero-order chi connectivity index (χ0) is 15.6. The highest BCUT2D eigenvalue weighted by Gasteiger charge is 2.18. The first-order chi connectivity index (χ1) is 9.78. The Morgan fingerprint density at radius 1 is 1.33 bits per heavy atom. The Morgan fingerprint density at radius 3 is 2.67 bits per heavy atom. The van der Waals surface area contributed by atoms with Crippen LogP contribution in [0.3, 0.4) is 0 Å². The Labute approximate surface area is 131 Å². The van der Waals surface area contributed by atoms with Crippen LogP contribution in [0.25, 0.3) is 0 Å². The van der Waals surface area contributed by atoms with Crippen LogP contribution in [0.5, 0.6) is 0 Å². The number of carboxylic acid groups (broad SMARTS) is 1. The Hall–Kier alpha value is -1.57. The highest BCUT2D eigenvalue weighted by Crippen LogP contribution is 2.26. The number of hydrogen-bond donors (Lipinski definition) is 2. The van der Waals surface area contributed by atoms with Gasteiger partial charge < -0.3 is 5.11 Å². The maximum atomic E-state index is 12.2. The molecule has 0 aliphatic carbocycles. The van der Waals surface area contributed by atoms with Gasteiger partial charge in [0.25, 0.3) is 10.0 Å². The van der Waals surface area contributed by atoms with Crippen LogP contribution in [0.15, 0.2) is 34.5 Å². The molecule has 0 fully saturated rings. The number of carbonyl (C=O) groups is 1. The molecule has 8 heteroatoms. The molecule has 1 aromatic heterocycles. The highest BCUT2D eigenvalue weighted by molar-refractivity contribution is 7.94. The average molecular weight is 346 g/mol. The minimum Gasteiger partial charge on any atom is -0.481 e. The second kappa shape index (κ2) is 6.05. The van der Waals surface area contributed by atoms with E-state index in [1.54, 1.807) is 12.1 Å². The summed E-state index contributed by atoms with van der Waals surface area (Å²) in [5.41, 5.74) is 1.21. The average Bonchev–Trinajstić information content (AvgIpc) is 2.82. The number of thiophene rings is 1. The topological polar surface area (TPSA) is 83.5 Å². The van der Waals surface area contributed by atoms with E-state index in [1.165, 1.54) is 18.2 Å². The molecule has 0 amide bonds. The number of rotatable bonds is 5. The van der Waals surface area contributed by atoms with Gasteiger partial charge in [0.05, 0.1) is 12.1 Å². The van der Waals surface area contributed by atoms with Gasteiger partial charge >= 0.3 is 5.97 Å². The summed E-state index contributed by atoms with van der Waals surface area (Å²) >= 11 is 6.88. The largest absolute Gasteiger partial charge is 0.481 e. The molecule has 5 nitrogen and oxygen atoms in total. The van der Waals surface area contributed by atoms with E-state index in [0.29, 0.717) is 15.6 Å². The van der Waals surface area contributed by atoms with Crippen molar-refractivity contribution in [3.8, 4) is 0 Å². The smallest absolute Gasteiger partial charge is 0.308 e. The van der Waals surface area contributed by atoms with Crippen molar-refractivity contribution in [2.45, 2.75) is 17.6 Å². The minimum absolute atomic E-state index is 0.0652. The summed E-state index contributed by atoms with van der Waals surface area (Å²) in [4.78, 5) is 11.1. The number of aryl methyl sites for hydroxylation is 1. The minimum atomic E-state index is -3.74. The normalized spacial score (nSPS) is 11.3. The van der Waals surface area contributed by atoms with Crippen molar-refractivity contribution >= 4 is 44.6 Å². The van der Waals surface area contributed by atoms with E-state index in [4.69, 9.17) is 16.7 Å². The third kappa shape index (κ3) is 3.96. The number of hydrogen-bond acceptors (Lipinski definition) is 4. The van der Waals surface area contributed by atoms with Crippen molar-refractivity contribution in [1.82, 2.24) is 0 Å². The Bertz CT molecular complexity index is 783. The third-order valence-electron chi connectivity index (χ3n) is 2.65. The fourth-order valence-corrected chi connectivity index (χ4v) is 4.19. The first kappa shape index (κ1) is 15.8. The molecule has 0 radical (unpaired) electrons. The molecule has 0 aliphatic heterocycles. The van der Waals surface area contributed by atoms with Crippen LogP contribution in [0.2, 0.25) is 5.02 Å². The van der Waals surface area contributed by atoms with Crippen molar-refractivity contribution in [2.24, 2.45) is 0 Å². The fraction of sp³-hybridized carbons (Fsp3) is 0.154. The lowest BCUT2D eigenvalue weighted by atomic mass is 10.2. The van der Waals surface area contributed by atoms with Crippen molar-refractivity contribution in [1.29, 1.82) is 0 Å². The summed E-state index contributed by atoms with van der Waals surface area (Å²) in [5, 5.41) is 9.16. The van der Waals surface area contributed by atoms with Crippen molar-refractivity contribution in [3.05, 3.63) is 45.8 Å². The second-order valence-corrected chi connectivity index (χ2v) is 7.85. The summed E-state index contributed by atoms with van der Waals surface area (Å²) in [7, 11) is -3.74. The van der Waals surface area contributed by atoms with Gasteiger partial charge in [-0.05, 0) is 36.8 Å². The number of aliphatic carboxylic acids is 1. The maximum Gasteiger partial charge on any atom is 0.308 e. The summed E-state index contributed by atoms with van der Waals surface area (Å²) in [6.07, 6.45) is -0.198. The number of sulfonamides is 1. The molecule has 2 aromatic rings. The SMILES string of the molecule is Cc1ccc(NS(=O)(=O)c2ccc(CC(=O)O)s2)cc1Cl. The Morgan fingerprint density at radius 2 is 2.05 bits per heavy atom. The Kier molecular flexibility index (Phi) is 4.55. The molecular formula is C13H12ClNO4S2. The number of nitrogens with one attached hydrogen (secondary N) is 1. The van der Waals surface area contributed by atoms with E-state index in [1.807, 2.05) is 6.92 Å². The molecule has 1 heterocycles. The Balaban J connectivity index is 2.23. The van der Waals surface area contributed by atoms with Gasteiger partial charge in [0.1, 0.15) is 4.21 Å². The number of benzene rings is 1. The van der Waals surface area contributed by atoms with Crippen LogP contribution < -0.4 is 4.72 Å². The van der Waals surface area contributed by atoms with Crippen LogP contribution in [-0.2, 0) is 21.2 Å². The predicted octanol–water partition coefficient (Wildman–Crippen LogP) is 3.14. The molecule has 0 saturated heterocycles. The van der Waals surface area contributed by atoms with Gasteiger partial charge in [0.2, 0.25) is 0 Å². The van der Waals surface area contributed by atoms with Crippen LogP contribution in [0.1, 0.15) is 10.4 Å². The zero-order valence-corrected chi connectivity index (χ0v) is 13.3. The first-order valence-electron chi connectivity index (χ1n) is 5.87. The molecule has 0 atom stereocenters. The molecule has 0 spiro atoms. The number of halogens is 1. The van der Waals surface area contributed by atoms with Crippen molar-refractivity contribution in [3.63, 3.8) is 0 Å². The van der Waals surface area contributed by atoms with Crippen molar-refractivity contribution < 1.29 is 18.3 Å². The van der Waals surface area contributed by atoms with E-state index in [-0.39, 0.29) is 10.6 Å². The molecule has 21 heavy (non-hydrogen) atoms. The molecule has 0 aliphatic rings. The standard InChI is InChI=1S/C13H12ClNO4S2/c1-8-2-3-9(6-11(8)14)15-21(18,19)13-5-4-10(20-13)7-12(16)17/h2-6,15H,7H2,1H3,(H,16,17). The third-order valence-corrected chi connectivity index (χ3v) is 6.02. The highest BCUT2D eigenvalue weighted by atomic mass is 35.5. The summed E-state index contributed by atoms with van der Waals surface area (Å²) < 4.78 is 26.9. The molecule has 0 bridgehead atoms. The van der Waals surface area contributed by atoms with Crippen molar-refractivity contribution in [2.75, 3.05) is 4.72 Å². The lowest BCUT2D eigenvalue weighted by molar-refractivity contribution is -0.136. The quantitative estimate of drug-likeness (QED) is 0.872. The van der Waals surface area contributed by atoms with Crippen LogP contribution in [-0.4, -0.2) is 19.5 Å². The number of anilines is 1. The van der Waals surface area contributed by atoms with E-state index in [2.05, 4.69) is 4.72 Å². The van der Waals surface area contributed by atoms with E-state index in [9.17, 15) is 13.2 Å². The molecule has 1 aromatic carbocycles. The second-order valence-electron chi connectivity index (χ2n) is 4.36. The summed E-state index contributed by atoms with van der Waals surface area (Å²) in [5.74, 6) is -1.00. The lowest BCUT2D eigenvalue weighted by Crippen LogP contribution is -2.11. The molecular weight excluding hydrogens is 334 g/mol. The van der Waals surface area contributed by atoms with Gasteiger partial charge in [0.15, 0.2) is 0 Å².